The number of ether oxygens (including phenoxy) is 2. The van der Waals surface area contributed by atoms with Gasteiger partial charge in [-0.1, -0.05) is 6.08 Å². The lowest BCUT2D eigenvalue weighted by molar-refractivity contribution is -0.506. The van der Waals surface area contributed by atoms with Crippen molar-refractivity contribution in [1.29, 1.82) is 0 Å². The third kappa shape index (κ3) is 5.37. The van der Waals surface area contributed by atoms with Gasteiger partial charge in [0.1, 0.15) is 18.8 Å². The quantitative estimate of drug-likeness (QED) is 0.327. The maximum absolute atomic E-state index is 10.9. The highest BCUT2D eigenvalue weighted by atomic mass is 16.5. The van der Waals surface area contributed by atoms with Gasteiger partial charge in [0.15, 0.2) is 5.71 Å². The van der Waals surface area contributed by atoms with Crippen LogP contribution in [-0.2, 0) is 14.3 Å². The Kier molecular flexibility index (Phi) is 6.51. The van der Waals surface area contributed by atoms with Gasteiger partial charge in [-0.15, -0.1) is 0 Å². The van der Waals surface area contributed by atoms with Crippen LogP contribution < -0.4 is 0 Å². The number of carbonyl (C=O) groups is 1. The van der Waals surface area contributed by atoms with Crippen LogP contribution in [0.15, 0.2) is 24.0 Å². The van der Waals surface area contributed by atoms with Crippen molar-refractivity contribution < 1.29 is 18.8 Å². The molecule has 0 N–H and O–H groups in total. The highest BCUT2D eigenvalue weighted by Crippen LogP contribution is 2.19. The first-order valence-electron chi connectivity index (χ1n) is 7.98. The van der Waals surface area contributed by atoms with Crippen molar-refractivity contribution in [2.24, 2.45) is 0 Å². The Morgan fingerprint density at radius 3 is 2.86 bits per heavy atom. The van der Waals surface area contributed by atoms with Crippen molar-refractivity contribution in [3.05, 3.63) is 24.0 Å². The molecule has 0 saturated carbocycles. The van der Waals surface area contributed by atoms with E-state index in [4.69, 9.17) is 4.74 Å². The van der Waals surface area contributed by atoms with Crippen LogP contribution in [0, 0.1) is 0 Å². The molecule has 2 aliphatic rings. The molecule has 0 aromatic heterocycles. The van der Waals surface area contributed by atoms with E-state index in [0.29, 0.717) is 6.61 Å². The summed E-state index contributed by atoms with van der Waals surface area (Å²) in [6, 6.07) is 0. The molecular weight excluding hydrogens is 266 g/mol. The molecule has 4 heteroatoms. The maximum atomic E-state index is 10.9. The van der Waals surface area contributed by atoms with Gasteiger partial charge in [-0.25, -0.2) is 9.37 Å². The molecule has 2 rings (SSSR count). The zero-order valence-electron chi connectivity index (χ0n) is 13.0. The molecule has 0 unspecified atom stereocenters. The Labute approximate surface area is 127 Å². The number of carbonyl (C=O) groups excluding carboxylic acids is 1. The number of allylic oxidation sites excluding steroid dienone is 3. The van der Waals surface area contributed by atoms with Crippen molar-refractivity contribution in [3.63, 3.8) is 0 Å². The third-order valence-electron chi connectivity index (χ3n) is 3.95. The van der Waals surface area contributed by atoms with Crippen LogP contribution in [0.1, 0.15) is 44.9 Å². The largest absolute Gasteiger partial charge is 0.498 e. The van der Waals surface area contributed by atoms with E-state index in [2.05, 4.69) is 15.4 Å². The SMILES string of the molecule is COC(=O)/C=C/CCCOC1=CC(=[N+]2CCCC2)CCC1. The summed E-state index contributed by atoms with van der Waals surface area (Å²) in [4.78, 5) is 10.9. The number of hydrogen-bond donors (Lipinski definition) is 0. The second-order valence-corrected chi connectivity index (χ2v) is 5.57. The Morgan fingerprint density at radius 1 is 1.29 bits per heavy atom. The van der Waals surface area contributed by atoms with Gasteiger partial charge in [-0.2, -0.15) is 0 Å². The minimum absolute atomic E-state index is 0.296. The number of esters is 1. The van der Waals surface area contributed by atoms with Gasteiger partial charge in [-0.05, 0) is 19.3 Å². The Morgan fingerprint density at radius 2 is 2.10 bits per heavy atom. The van der Waals surface area contributed by atoms with Crippen molar-refractivity contribution >= 4 is 11.7 Å². The lowest BCUT2D eigenvalue weighted by Gasteiger charge is -2.14. The average molecular weight is 292 g/mol. The summed E-state index contributed by atoms with van der Waals surface area (Å²) in [5.41, 5.74) is 1.46. The summed E-state index contributed by atoms with van der Waals surface area (Å²) in [6.07, 6.45) is 13.4. The summed E-state index contributed by atoms with van der Waals surface area (Å²) >= 11 is 0. The molecule has 116 valence electrons. The third-order valence-corrected chi connectivity index (χ3v) is 3.95. The molecule has 1 heterocycles. The molecular formula is C17H26NO3+. The molecule has 0 atom stereocenters. The number of methoxy groups -OCH3 is 1. The second kappa shape index (κ2) is 8.65. The molecule has 0 aromatic rings. The average Bonchev–Trinajstić information content (AvgIpc) is 3.05. The van der Waals surface area contributed by atoms with E-state index >= 15 is 0 Å². The van der Waals surface area contributed by atoms with Crippen LogP contribution in [0.4, 0.5) is 0 Å². The molecule has 0 bridgehead atoms. The van der Waals surface area contributed by atoms with Gasteiger partial charge in [0.05, 0.1) is 13.7 Å². The molecule has 1 fully saturated rings. The molecule has 0 aromatic carbocycles. The van der Waals surface area contributed by atoms with Gasteiger partial charge in [0.2, 0.25) is 0 Å². The number of rotatable bonds is 6. The summed E-state index contributed by atoms with van der Waals surface area (Å²) in [6.45, 7) is 3.12. The van der Waals surface area contributed by atoms with Crippen LogP contribution in [0.3, 0.4) is 0 Å². The standard InChI is InChI=1S/C17H26NO3/c1-20-17(19)10-3-2-6-13-21-16-9-7-8-15(14-16)18-11-4-5-12-18/h3,10,14H,2,4-9,11-13H2,1H3/q+1/b10-3+. The molecule has 0 radical (unpaired) electrons. The number of nitrogens with zero attached hydrogens (tertiary/aromatic N) is 1. The minimum atomic E-state index is -0.296. The molecule has 4 nitrogen and oxygen atoms in total. The molecule has 21 heavy (non-hydrogen) atoms. The van der Waals surface area contributed by atoms with E-state index < -0.39 is 0 Å². The summed E-state index contributed by atoms with van der Waals surface area (Å²) < 4.78 is 12.9. The van der Waals surface area contributed by atoms with Gasteiger partial charge in [0, 0.05) is 37.8 Å². The van der Waals surface area contributed by atoms with E-state index in [1.54, 1.807) is 0 Å². The van der Waals surface area contributed by atoms with Crippen LogP contribution >= 0.6 is 0 Å². The van der Waals surface area contributed by atoms with Gasteiger partial charge < -0.3 is 9.47 Å². The van der Waals surface area contributed by atoms with Crippen molar-refractivity contribution in [3.8, 4) is 0 Å². The van der Waals surface area contributed by atoms with Crippen LogP contribution in [0.5, 0.6) is 0 Å². The normalized spacial score (nSPS) is 19.0. The molecule has 0 spiro atoms. The van der Waals surface area contributed by atoms with E-state index in [0.717, 1.165) is 25.0 Å². The van der Waals surface area contributed by atoms with E-state index in [1.165, 1.54) is 57.7 Å². The second-order valence-electron chi connectivity index (χ2n) is 5.57. The summed E-state index contributed by atoms with van der Waals surface area (Å²) in [5, 5.41) is 0. The molecule has 1 saturated heterocycles. The lowest BCUT2D eigenvalue weighted by atomic mass is 10.0. The minimum Gasteiger partial charge on any atom is -0.498 e. The fourth-order valence-electron chi connectivity index (χ4n) is 2.79. The fraction of sp³-hybridized carbons (Fsp3) is 0.647. The number of unbranched alkanes of at least 4 members (excludes halogenated alkanes) is 1. The summed E-state index contributed by atoms with van der Waals surface area (Å²) in [5.74, 6) is 0.829. The maximum Gasteiger partial charge on any atom is 0.330 e. The molecule has 1 aliphatic carbocycles. The predicted molar refractivity (Wildman–Crippen MR) is 82.5 cm³/mol. The van der Waals surface area contributed by atoms with Crippen LogP contribution in [-0.4, -0.2) is 43.1 Å². The molecule has 1 aliphatic heterocycles. The summed E-state index contributed by atoms with van der Waals surface area (Å²) in [7, 11) is 1.39. The van der Waals surface area contributed by atoms with Gasteiger partial charge >= 0.3 is 5.97 Å². The van der Waals surface area contributed by atoms with E-state index in [9.17, 15) is 4.79 Å². The topological polar surface area (TPSA) is 38.5 Å². The highest BCUT2D eigenvalue weighted by Gasteiger charge is 2.21. The van der Waals surface area contributed by atoms with Gasteiger partial charge in [0.25, 0.3) is 0 Å². The van der Waals surface area contributed by atoms with Crippen LogP contribution in [0.2, 0.25) is 0 Å². The predicted octanol–water partition coefficient (Wildman–Crippen LogP) is 2.83. The lowest BCUT2D eigenvalue weighted by Crippen LogP contribution is -2.19. The first kappa shape index (κ1) is 15.8. The van der Waals surface area contributed by atoms with Crippen molar-refractivity contribution in [2.45, 2.75) is 44.9 Å². The molecule has 0 amide bonds. The Balaban J connectivity index is 1.71. The first-order valence-corrected chi connectivity index (χ1v) is 7.98. The first-order chi connectivity index (χ1) is 10.3. The van der Waals surface area contributed by atoms with E-state index in [1.807, 2.05) is 6.08 Å². The number of hydrogen-bond acceptors (Lipinski definition) is 3. The zero-order chi connectivity index (χ0) is 14.9. The van der Waals surface area contributed by atoms with E-state index in [-0.39, 0.29) is 5.97 Å². The zero-order valence-corrected chi connectivity index (χ0v) is 13.0. The smallest absolute Gasteiger partial charge is 0.330 e. The van der Waals surface area contributed by atoms with Crippen molar-refractivity contribution in [2.75, 3.05) is 26.8 Å². The highest BCUT2D eigenvalue weighted by molar-refractivity contribution is 5.92. The monoisotopic (exact) mass is 292 g/mol. The van der Waals surface area contributed by atoms with Gasteiger partial charge in [-0.3, -0.25) is 0 Å². The Hall–Kier alpha value is -1.58. The Bertz CT molecular complexity index is 441. The van der Waals surface area contributed by atoms with Crippen LogP contribution in [0.25, 0.3) is 0 Å². The van der Waals surface area contributed by atoms with Crippen molar-refractivity contribution in [1.82, 2.24) is 0 Å². The fourth-order valence-corrected chi connectivity index (χ4v) is 2.79.